The highest BCUT2D eigenvalue weighted by Crippen LogP contribution is 2.57. The Morgan fingerprint density at radius 1 is 1.21 bits per heavy atom. The number of carbonyl (C=O) groups is 1. The van der Waals surface area contributed by atoms with Crippen LogP contribution >= 0.6 is 0 Å². The number of hydrogen-bond acceptors (Lipinski definition) is 4. The molecule has 5 nitrogen and oxygen atoms in total. The quantitative estimate of drug-likeness (QED) is 0.671. The van der Waals surface area contributed by atoms with E-state index < -0.39 is 5.97 Å². The van der Waals surface area contributed by atoms with Gasteiger partial charge in [-0.05, 0) is 48.6 Å². The Bertz CT molecular complexity index is 1110. The molecule has 0 aliphatic heterocycles. The lowest BCUT2D eigenvalue weighted by molar-refractivity contribution is 0.0697. The average Bonchev–Trinajstić information content (AvgIpc) is 3.50. The molecule has 144 valence electrons. The zero-order chi connectivity index (χ0) is 19.8. The van der Waals surface area contributed by atoms with Crippen molar-refractivity contribution in [3.63, 3.8) is 0 Å². The Morgan fingerprint density at radius 2 is 2.00 bits per heavy atom. The number of benzene rings is 2. The van der Waals surface area contributed by atoms with Crippen molar-refractivity contribution < 1.29 is 19.1 Å². The van der Waals surface area contributed by atoms with Crippen LogP contribution < -0.4 is 10.2 Å². The summed E-state index contributed by atoms with van der Waals surface area (Å²) in [7, 11) is 1.66. The lowest BCUT2D eigenvalue weighted by Gasteiger charge is -2.11. The zero-order valence-electron chi connectivity index (χ0n) is 15.9. The van der Waals surface area contributed by atoms with Gasteiger partial charge in [0.05, 0.1) is 18.1 Å². The van der Waals surface area contributed by atoms with E-state index in [0.717, 1.165) is 29.9 Å². The van der Waals surface area contributed by atoms with Gasteiger partial charge in [-0.2, -0.15) is 0 Å². The maximum absolute atomic E-state index is 13.1. The molecule has 1 N–H and O–H groups in total. The molecule has 0 radical (unpaired) electrons. The van der Waals surface area contributed by atoms with Crippen molar-refractivity contribution in [2.24, 2.45) is 0 Å². The minimum atomic E-state index is -1.05. The number of carboxylic acids is 1. The predicted molar refractivity (Wildman–Crippen MR) is 107 cm³/mol. The van der Waals surface area contributed by atoms with Gasteiger partial charge < -0.3 is 14.3 Å². The van der Waals surface area contributed by atoms with Gasteiger partial charge in [0.25, 0.3) is 0 Å². The lowest BCUT2D eigenvalue weighted by atomic mass is 10.00. The number of aromatic carboxylic acids is 1. The highest BCUT2D eigenvalue weighted by Gasteiger charge is 2.44. The van der Waals surface area contributed by atoms with Gasteiger partial charge in [-0.15, -0.1) is 0 Å². The minimum absolute atomic E-state index is 0.0910. The van der Waals surface area contributed by atoms with Crippen molar-refractivity contribution in [3.8, 4) is 5.75 Å². The lowest BCUT2D eigenvalue weighted by Crippen LogP contribution is -2.13. The SMILES string of the molecule is CCCc1c(C2CC2c2ccccc2OC)oc2ccc(C(=O)O)cc2c1=O. The third kappa shape index (κ3) is 3.07. The molecule has 1 aromatic heterocycles. The van der Waals surface area contributed by atoms with Gasteiger partial charge in [0.2, 0.25) is 0 Å². The van der Waals surface area contributed by atoms with Crippen molar-refractivity contribution in [3.05, 3.63) is 75.1 Å². The van der Waals surface area contributed by atoms with E-state index in [0.29, 0.717) is 23.0 Å². The van der Waals surface area contributed by atoms with E-state index in [9.17, 15) is 14.7 Å². The van der Waals surface area contributed by atoms with Crippen LogP contribution in [0.1, 0.15) is 58.8 Å². The Labute approximate surface area is 162 Å². The van der Waals surface area contributed by atoms with Gasteiger partial charge in [-0.1, -0.05) is 31.5 Å². The van der Waals surface area contributed by atoms with Crippen LogP contribution in [0.15, 0.2) is 51.7 Å². The van der Waals surface area contributed by atoms with E-state index in [1.807, 2.05) is 25.1 Å². The maximum atomic E-state index is 13.1. The summed E-state index contributed by atoms with van der Waals surface area (Å²) >= 11 is 0. The van der Waals surface area contributed by atoms with E-state index in [-0.39, 0.29) is 22.8 Å². The largest absolute Gasteiger partial charge is 0.496 e. The molecule has 0 spiro atoms. The number of fused-ring (bicyclic) bond motifs is 1. The number of rotatable bonds is 6. The first kappa shape index (κ1) is 18.3. The summed E-state index contributed by atoms with van der Waals surface area (Å²) in [6.07, 6.45) is 2.33. The van der Waals surface area contributed by atoms with E-state index in [4.69, 9.17) is 9.15 Å². The molecule has 1 aliphatic rings. The molecular formula is C23H22O5. The summed E-state index contributed by atoms with van der Waals surface area (Å²) in [5.41, 5.74) is 2.21. The summed E-state index contributed by atoms with van der Waals surface area (Å²) < 4.78 is 11.7. The van der Waals surface area contributed by atoms with Crippen molar-refractivity contribution >= 4 is 16.9 Å². The number of methoxy groups -OCH3 is 1. The van der Waals surface area contributed by atoms with Crippen molar-refractivity contribution in [1.29, 1.82) is 0 Å². The third-order valence-corrected chi connectivity index (χ3v) is 5.43. The van der Waals surface area contributed by atoms with Crippen LogP contribution in [0.2, 0.25) is 0 Å². The molecule has 1 heterocycles. The molecule has 28 heavy (non-hydrogen) atoms. The fourth-order valence-electron chi connectivity index (χ4n) is 3.97. The van der Waals surface area contributed by atoms with Crippen LogP contribution in [-0.2, 0) is 6.42 Å². The van der Waals surface area contributed by atoms with Gasteiger partial charge in [0, 0.05) is 11.5 Å². The van der Waals surface area contributed by atoms with Gasteiger partial charge in [-0.25, -0.2) is 4.79 Å². The van der Waals surface area contributed by atoms with Crippen LogP contribution in [0.3, 0.4) is 0 Å². The Morgan fingerprint density at radius 3 is 2.71 bits per heavy atom. The standard InChI is InChI=1S/C23H22O5/c1-3-6-15-21(24)18-11-13(23(25)26)9-10-20(18)28-22(15)17-12-16(17)14-7-4-5-8-19(14)27-2/h4-5,7-11,16-17H,3,6,12H2,1-2H3,(H,25,26). The summed E-state index contributed by atoms with van der Waals surface area (Å²) in [6.45, 7) is 2.02. The second kappa shape index (κ2) is 7.15. The zero-order valence-corrected chi connectivity index (χ0v) is 15.9. The second-order valence-electron chi connectivity index (χ2n) is 7.23. The van der Waals surface area contributed by atoms with Crippen LogP contribution in [0.5, 0.6) is 5.75 Å². The van der Waals surface area contributed by atoms with Crippen LogP contribution in [0, 0.1) is 0 Å². The second-order valence-corrected chi connectivity index (χ2v) is 7.23. The molecule has 2 atom stereocenters. The van der Waals surface area contributed by atoms with Crippen LogP contribution in [-0.4, -0.2) is 18.2 Å². The minimum Gasteiger partial charge on any atom is -0.496 e. The summed E-state index contributed by atoms with van der Waals surface area (Å²) in [5.74, 6) is 0.917. The number of ether oxygens (including phenoxy) is 1. The van der Waals surface area contributed by atoms with Gasteiger partial charge in [-0.3, -0.25) is 4.79 Å². The molecule has 1 saturated carbocycles. The number of para-hydroxylation sites is 1. The highest BCUT2D eigenvalue weighted by atomic mass is 16.5. The van der Waals surface area contributed by atoms with Crippen molar-refractivity contribution in [2.75, 3.05) is 7.11 Å². The smallest absolute Gasteiger partial charge is 0.335 e. The highest BCUT2D eigenvalue weighted by molar-refractivity contribution is 5.92. The monoisotopic (exact) mass is 378 g/mol. The summed E-state index contributed by atoms with van der Waals surface area (Å²) in [6, 6.07) is 12.4. The molecule has 1 aliphatic carbocycles. The first-order chi connectivity index (χ1) is 13.5. The number of carboxylic acid groups (broad SMARTS) is 1. The van der Waals surface area contributed by atoms with Crippen LogP contribution in [0.25, 0.3) is 11.0 Å². The number of hydrogen-bond donors (Lipinski definition) is 1. The first-order valence-corrected chi connectivity index (χ1v) is 9.51. The van der Waals surface area contributed by atoms with Gasteiger partial charge in [0.15, 0.2) is 5.43 Å². The van der Waals surface area contributed by atoms with E-state index in [1.165, 1.54) is 12.1 Å². The molecule has 0 amide bonds. The van der Waals surface area contributed by atoms with E-state index >= 15 is 0 Å². The first-order valence-electron chi connectivity index (χ1n) is 9.51. The average molecular weight is 378 g/mol. The van der Waals surface area contributed by atoms with Crippen LogP contribution in [0.4, 0.5) is 0 Å². The molecule has 0 bridgehead atoms. The van der Waals surface area contributed by atoms with E-state index in [1.54, 1.807) is 13.2 Å². The maximum Gasteiger partial charge on any atom is 0.335 e. The molecule has 1 fully saturated rings. The molecule has 5 heteroatoms. The Hall–Kier alpha value is -3.08. The normalized spacial score (nSPS) is 18.2. The predicted octanol–water partition coefficient (Wildman–Crippen LogP) is 4.72. The van der Waals surface area contributed by atoms with E-state index in [2.05, 4.69) is 6.07 Å². The molecule has 3 aromatic rings. The Balaban J connectivity index is 1.81. The molecule has 2 aromatic carbocycles. The fourth-order valence-corrected chi connectivity index (χ4v) is 3.97. The molecule has 0 saturated heterocycles. The van der Waals surface area contributed by atoms with Crippen molar-refractivity contribution in [2.45, 2.75) is 38.0 Å². The van der Waals surface area contributed by atoms with Crippen molar-refractivity contribution in [1.82, 2.24) is 0 Å². The van der Waals surface area contributed by atoms with Gasteiger partial charge >= 0.3 is 5.97 Å². The Kier molecular flexibility index (Phi) is 4.67. The summed E-state index contributed by atoms with van der Waals surface area (Å²) in [5, 5.41) is 9.56. The topological polar surface area (TPSA) is 76.7 Å². The molecule has 4 rings (SSSR count). The summed E-state index contributed by atoms with van der Waals surface area (Å²) in [4.78, 5) is 24.4. The third-order valence-electron chi connectivity index (χ3n) is 5.43. The van der Waals surface area contributed by atoms with Gasteiger partial charge in [0.1, 0.15) is 17.1 Å². The fraction of sp³-hybridized carbons (Fsp3) is 0.304. The molecule has 2 unspecified atom stereocenters. The molecular weight excluding hydrogens is 356 g/mol.